The van der Waals surface area contributed by atoms with E-state index in [1.807, 2.05) is 69.3 Å². The molecule has 0 saturated carbocycles. The third-order valence-electron chi connectivity index (χ3n) is 3.02. The minimum atomic E-state index is -0.522. The summed E-state index contributed by atoms with van der Waals surface area (Å²) in [5.41, 5.74) is 1.43. The fourth-order valence-corrected chi connectivity index (χ4v) is 2.11. The molecule has 0 bridgehead atoms. The first kappa shape index (κ1) is 16.0. The third kappa shape index (κ3) is 5.20. The molecule has 1 aromatic heterocycles. The number of rotatable bonds is 4. The number of alkyl carbamates (subject to hydrolysis) is 1. The van der Waals surface area contributed by atoms with Crippen LogP contribution in [-0.2, 0) is 11.2 Å². The quantitative estimate of drug-likeness (QED) is 0.931. The fraction of sp³-hybridized carbons (Fsp3) is 0.333. The van der Waals surface area contributed by atoms with E-state index in [-0.39, 0.29) is 6.04 Å². The van der Waals surface area contributed by atoms with Gasteiger partial charge in [0.05, 0.1) is 11.7 Å². The Balaban J connectivity index is 2.14. The van der Waals surface area contributed by atoms with E-state index in [4.69, 9.17) is 4.74 Å². The smallest absolute Gasteiger partial charge is 0.408 e. The van der Waals surface area contributed by atoms with Gasteiger partial charge in [0, 0.05) is 6.20 Å². The number of carbonyl (C=O) groups is 1. The summed E-state index contributed by atoms with van der Waals surface area (Å²) < 4.78 is 5.35. The first-order valence-electron chi connectivity index (χ1n) is 7.38. The molecule has 22 heavy (non-hydrogen) atoms. The number of carbonyl (C=O) groups excluding carboxylic acids is 1. The van der Waals surface area contributed by atoms with Crippen LogP contribution in [0, 0.1) is 0 Å². The van der Waals surface area contributed by atoms with E-state index in [0.29, 0.717) is 6.42 Å². The summed E-state index contributed by atoms with van der Waals surface area (Å²) in [5.74, 6) is 0. The first-order valence-corrected chi connectivity index (χ1v) is 7.38. The minimum absolute atomic E-state index is 0.224. The predicted octanol–water partition coefficient (Wildman–Crippen LogP) is 3.89. The SMILES string of the molecule is CC(C)(C)OC(=O)NC(Cc1ccccc1)c1ccccn1. The van der Waals surface area contributed by atoms with Gasteiger partial charge in [-0.1, -0.05) is 36.4 Å². The molecule has 1 atom stereocenters. The Morgan fingerprint density at radius 2 is 1.82 bits per heavy atom. The number of aromatic nitrogens is 1. The summed E-state index contributed by atoms with van der Waals surface area (Å²) >= 11 is 0. The lowest BCUT2D eigenvalue weighted by molar-refractivity contribution is 0.0502. The van der Waals surface area contributed by atoms with Crippen LogP contribution in [0.5, 0.6) is 0 Å². The molecule has 0 fully saturated rings. The molecule has 4 heteroatoms. The van der Waals surface area contributed by atoms with Crippen molar-refractivity contribution >= 4 is 6.09 Å². The summed E-state index contributed by atoms with van der Waals surface area (Å²) in [6.45, 7) is 5.54. The van der Waals surface area contributed by atoms with E-state index in [0.717, 1.165) is 11.3 Å². The van der Waals surface area contributed by atoms with Crippen LogP contribution >= 0.6 is 0 Å². The number of benzene rings is 1. The summed E-state index contributed by atoms with van der Waals surface area (Å²) in [6, 6.07) is 15.5. The lowest BCUT2D eigenvalue weighted by atomic mass is 10.0. The highest BCUT2D eigenvalue weighted by Gasteiger charge is 2.21. The molecule has 1 unspecified atom stereocenters. The van der Waals surface area contributed by atoms with Crippen molar-refractivity contribution in [3.05, 3.63) is 66.0 Å². The van der Waals surface area contributed by atoms with Crippen molar-refractivity contribution in [3.63, 3.8) is 0 Å². The maximum absolute atomic E-state index is 12.1. The molecule has 0 saturated heterocycles. The average Bonchev–Trinajstić information content (AvgIpc) is 2.47. The van der Waals surface area contributed by atoms with Gasteiger partial charge in [-0.2, -0.15) is 0 Å². The number of hydrogen-bond acceptors (Lipinski definition) is 3. The highest BCUT2D eigenvalue weighted by atomic mass is 16.6. The average molecular weight is 298 g/mol. The highest BCUT2D eigenvalue weighted by Crippen LogP contribution is 2.17. The van der Waals surface area contributed by atoms with Crippen molar-refractivity contribution in [1.29, 1.82) is 0 Å². The van der Waals surface area contributed by atoms with Gasteiger partial charge in [0.1, 0.15) is 5.60 Å². The number of amides is 1. The van der Waals surface area contributed by atoms with Crippen LogP contribution in [-0.4, -0.2) is 16.7 Å². The monoisotopic (exact) mass is 298 g/mol. The maximum atomic E-state index is 12.1. The summed E-state index contributed by atoms with van der Waals surface area (Å²) in [7, 11) is 0. The molecule has 1 amide bonds. The normalized spacial score (nSPS) is 12.5. The minimum Gasteiger partial charge on any atom is -0.444 e. The Bertz CT molecular complexity index is 591. The maximum Gasteiger partial charge on any atom is 0.408 e. The van der Waals surface area contributed by atoms with Gasteiger partial charge in [-0.25, -0.2) is 4.79 Å². The van der Waals surface area contributed by atoms with E-state index >= 15 is 0 Å². The van der Waals surface area contributed by atoms with E-state index in [1.165, 1.54) is 0 Å². The Morgan fingerprint density at radius 1 is 1.14 bits per heavy atom. The van der Waals surface area contributed by atoms with Crippen LogP contribution < -0.4 is 5.32 Å². The van der Waals surface area contributed by atoms with Gasteiger partial charge in [0.25, 0.3) is 0 Å². The van der Waals surface area contributed by atoms with Gasteiger partial charge in [-0.3, -0.25) is 4.98 Å². The second-order valence-corrected chi connectivity index (χ2v) is 6.14. The molecule has 4 nitrogen and oxygen atoms in total. The standard InChI is InChI=1S/C18H22N2O2/c1-18(2,3)22-17(21)20-16(15-11-7-8-12-19-15)13-14-9-5-4-6-10-14/h4-12,16H,13H2,1-3H3,(H,20,21). The van der Waals surface area contributed by atoms with Crippen molar-refractivity contribution in [3.8, 4) is 0 Å². The zero-order valence-corrected chi connectivity index (χ0v) is 13.2. The third-order valence-corrected chi connectivity index (χ3v) is 3.02. The van der Waals surface area contributed by atoms with Gasteiger partial charge >= 0.3 is 6.09 Å². The summed E-state index contributed by atoms with van der Waals surface area (Å²) in [5, 5.41) is 2.91. The van der Waals surface area contributed by atoms with E-state index in [1.54, 1.807) is 6.20 Å². The Hall–Kier alpha value is -2.36. The molecule has 0 aliphatic heterocycles. The summed E-state index contributed by atoms with van der Waals surface area (Å²) in [6.07, 6.45) is 1.96. The zero-order valence-electron chi connectivity index (χ0n) is 13.2. The van der Waals surface area contributed by atoms with Crippen LogP contribution in [0.4, 0.5) is 4.79 Å². The van der Waals surface area contributed by atoms with Crippen LogP contribution in [0.1, 0.15) is 38.1 Å². The second-order valence-electron chi connectivity index (χ2n) is 6.14. The highest BCUT2D eigenvalue weighted by molar-refractivity contribution is 5.68. The lowest BCUT2D eigenvalue weighted by Gasteiger charge is -2.23. The van der Waals surface area contributed by atoms with Crippen LogP contribution in [0.15, 0.2) is 54.7 Å². The van der Waals surface area contributed by atoms with Crippen molar-refractivity contribution in [1.82, 2.24) is 10.3 Å². The molecule has 0 aliphatic carbocycles. The molecule has 1 heterocycles. The number of nitrogens with zero attached hydrogens (tertiary/aromatic N) is 1. The molecule has 0 radical (unpaired) electrons. The molecule has 116 valence electrons. The predicted molar refractivity (Wildman–Crippen MR) is 86.5 cm³/mol. The molecule has 0 aliphatic rings. The largest absolute Gasteiger partial charge is 0.444 e. The fourth-order valence-electron chi connectivity index (χ4n) is 2.11. The Labute approximate surface area is 131 Å². The Morgan fingerprint density at radius 3 is 2.41 bits per heavy atom. The molecule has 1 aromatic carbocycles. The molecule has 2 aromatic rings. The van der Waals surface area contributed by atoms with Crippen molar-refractivity contribution in [2.45, 2.75) is 38.8 Å². The number of hydrogen-bond donors (Lipinski definition) is 1. The van der Waals surface area contributed by atoms with Gasteiger partial charge in [-0.05, 0) is 44.9 Å². The molecule has 1 N–H and O–H groups in total. The van der Waals surface area contributed by atoms with E-state index in [2.05, 4.69) is 10.3 Å². The Kier molecular flexibility index (Phi) is 5.15. The molecular formula is C18H22N2O2. The van der Waals surface area contributed by atoms with E-state index < -0.39 is 11.7 Å². The van der Waals surface area contributed by atoms with Crippen molar-refractivity contribution in [2.75, 3.05) is 0 Å². The van der Waals surface area contributed by atoms with Crippen molar-refractivity contribution in [2.24, 2.45) is 0 Å². The first-order chi connectivity index (χ1) is 10.4. The van der Waals surface area contributed by atoms with Crippen LogP contribution in [0.2, 0.25) is 0 Å². The lowest BCUT2D eigenvalue weighted by Crippen LogP contribution is -2.36. The second kappa shape index (κ2) is 7.07. The van der Waals surface area contributed by atoms with Crippen molar-refractivity contribution < 1.29 is 9.53 Å². The van der Waals surface area contributed by atoms with Gasteiger partial charge in [0.2, 0.25) is 0 Å². The number of nitrogens with one attached hydrogen (secondary N) is 1. The van der Waals surface area contributed by atoms with Crippen LogP contribution in [0.3, 0.4) is 0 Å². The molecule has 0 spiro atoms. The topological polar surface area (TPSA) is 51.2 Å². The van der Waals surface area contributed by atoms with Gasteiger partial charge < -0.3 is 10.1 Å². The summed E-state index contributed by atoms with van der Waals surface area (Å²) in [4.78, 5) is 16.4. The zero-order chi connectivity index (χ0) is 16.0. The number of pyridine rings is 1. The van der Waals surface area contributed by atoms with Crippen LogP contribution in [0.25, 0.3) is 0 Å². The van der Waals surface area contributed by atoms with Gasteiger partial charge in [-0.15, -0.1) is 0 Å². The molecule has 2 rings (SSSR count). The number of ether oxygens (including phenoxy) is 1. The van der Waals surface area contributed by atoms with E-state index in [9.17, 15) is 4.79 Å². The van der Waals surface area contributed by atoms with Gasteiger partial charge in [0.15, 0.2) is 0 Å². The molecular weight excluding hydrogens is 276 g/mol.